The molecule has 4 fully saturated rings. The molecule has 2 nitrogen and oxygen atoms in total. The number of carbonyl (C=O) groups is 1. The summed E-state index contributed by atoms with van der Waals surface area (Å²) < 4.78 is 0. The maximum Gasteiger partial charge on any atom is 0.309 e. The minimum absolute atomic E-state index is 0.0840. The highest BCUT2D eigenvalue weighted by Gasteiger charge is 2.62. The van der Waals surface area contributed by atoms with Crippen LogP contribution in [0.2, 0.25) is 0 Å². The van der Waals surface area contributed by atoms with Gasteiger partial charge in [-0.15, -0.1) is 0 Å². The summed E-state index contributed by atoms with van der Waals surface area (Å²) in [6, 6.07) is 10.7. The molecule has 2 atom stereocenters. The van der Waals surface area contributed by atoms with E-state index in [4.69, 9.17) is 0 Å². The Bertz CT molecular complexity index is 652. The van der Waals surface area contributed by atoms with E-state index < -0.39 is 11.4 Å². The van der Waals surface area contributed by atoms with E-state index in [-0.39, 0.29) is 5.41 Å². The van der Waals surface area contributed by atoms with Crippen LogP contribution < -0.4 is 0 Å². The number of allylic oxidation sites excluding steroid dienone is 2. The fourth-order valence-electron chi connectivity index (χ4n) is 6.02. The van der Waals surface area contributed by atoms with Crippen LogP contribution >= 0.6 is 0 Å². The molecule has 4 aliphatic rings. The lowest BCUT2D eigenvalue weighted by Gasteiger charge is -2.62. The molecule has 24 heavy (non-hydrogen) atoms. The minimum atomic E-state index is -0.555. The van der Waals surface area contributed by atoms with Crippen LogP contribution in [-0.2, 0) is 10.2 Å². The van der Waals surface area contributed by atoms with Crippen LogP contribution in [-0.4, -0.2) is 11.1 Å². The summed E-state index contributed by atoms with van der Waals surface area (Å²) in [6.07, 6.45) is 8.43. The van der Waals surface area contributed by atoms with E-state index in [1.807, 2.05) is 0 Å². The Balaban J connectivity index is 1.75. The first-order valence-electron chi connectivity index (χ1n) is 9.43. The predicted molar refractivity (Wildman–Crippen MR) is 95.8 cm³/mol. The molecular weight excluding hydrogens is 296 g/mol. The number of rotatable bonds is 4. The smallest absolute Gasteiger partial charge is 0.309 e. The highest BCUT2D eigenvalue weighted by molar-refractivity contribution is 5.76. The summed E-state index contributed by atoms with van der Waals surface area (Å²) in [5, 5.41) is 10.0. The Labute approximate surface area is 145 Å². The molecule has 0 aromatic heterocycles. The lowest BCUT2D eigenvalue weighted by molar-refractivity contribution is -0.162. The zero-order chi connectivity index (χ0) is 16.9. The van der Waals surface area contributed by atoms with E-state index in [2.05, 4.69) is 50.3 Å². The third-order valence-corrected chi connectivity index (χ3v) is 6.83. The maximum absolute atomic E-state index is 12.2. The van der Waals surface area contributed by atoms with Gasteiger partial charge in [-0.05, 0) is 67.3 Å². The van der Waals surface area contributed by atoms with Gasteiger partial charge in [0, 0.05) is 0 Å². The van der Waals surface area contributed by atoms with E-state index >= 15 is 0 Å². The van der Waals surface area contributed by atoms with E-state index in [0.717, 1.165) is 38.5 Å². The number of aliphatic carboxylic acids is 1. The molecule has 0 amide bonds. The van der Waals surface area contributed by atoms with Crippen LogP contribution in [0.4, 0.5) is 0 Å². The molecule has 1 aromatic carbocycles. The number of carboxylic acid groups (broad SMARTS) is 1. The third-order valence-electron chi connectivity index (χ3n) is 6.83. The van der Waals surface area contributed by atoms with Crippen LogP contribution in [0.5, 0.6) is 0 Å². The van der Waals surface area contributed by atoms with E-state index in [9.17, 15) is 9.90 Å². The molecule has 0 spiro atoms. The van der Waals surface area contributed by atoms with Crippen molar-refractivity contribution in [2.24, 2.45) is 23.2 Å². The molecule has 1 aromatic rings. The molecular formula is C22H28O2. The number of hydrogen-bond donors (Lipinski definition) is 1. The zero-order valence-corrected chi connectivity index (χ0v) is 14.8. The summed E-state index contributed by atoms with van der Waals surface area (Å²) in [5.41, 5.74) is 2.55. The van der Waals surface area contributed by atoms with Crippen molar-refractivity contribution in [3.05, 3.63) is 47.5 Å². The second-order valence-corrected chi connectivity index (χ2v) is 8.95. The van der Waals surface area contributed by atoms with Gasteiger partial charge in [-0.1, -0.05) is 55.8 Å². The van der Waals surface area contributed by atoms with Gasteiger partial charge in [0.2, 0.25) is 0 Å². The van der Waals surface area contributed by atoms with Crippen molar-refractivity contribution in [1.82, 2.24) is 0 Å². The first-order valence-corrected chi connectivity index (χ1v) is 9.43. The molecule has 4 aliphatic carbocycles. The van der Waals surface area contributed by atoms with Gasteiger partial charge in [-0.25, -0.2) is 0 Å². The maximum atomic E-state index is 12.2. The fraction of sp³-hybridized carbons (Fsp3) is 0.591. The minimum Gasteiger partial charge on any atom is -0.481 e. The number of hydrogen-bond acceptors (Lipinski definition) is 1. The summed E-state index contributed by atoms with van der Waals surface area (Å²) in [5.74, 6) is 1.06. The number of benzene rings is 1. The van der Waals surface area contributed by atoms with Crippen molar-refractivity contribution >= 4 is 5.97 Å². The lowest BCUT2D eigenvalue weighted by Crippen LogP contribution is -2.57. The van der Waals surface area contributed by atoms with Crippen molar-refractivity contribution < 1.29 is 9.90 Å². The summed E-state index contributed by atoms with van der Waals surface area (Å²) in [7, 11) is 0. The van der Waals surface area contributed by atoms with E-state index in [1.165, 1.54) is 5.56 Å². The summed E-state index contributed by atoms with van der Waals surface area (Å²) in [6.45, 7) is 4.52. The molecule has 2 heteroatoms. The van der Waals surface area contributed by atoms with Gasteiger partial charge in [0.15, 0.2) is 0 Å². The average molecular weight is 324 g/mol. The molecule has 0 heterocycles. The Morgan fingerprint density at radius 2 is 1.79 bits per heavy atom. The average Bonchev–Trinajstić information content (AvgIpc) is 2.54. The van der Waals surface area contributed by atoms with Gasteiger partial charge in [0.1, 0.15) is 0 Å². The van der Waals surface area contributed by atoms with Crippen molar-refractivity contribution in [2.75, 3.05) is 0 Å². The topological polar surface area (TPSA) is 37.3 Å². The van der Waals surface area contributed by atoms with Crippen LogP contribution in [0.3, 0.4) is 0 Å². The van der Waals surface area contributed by atoms with E-state index in [0.29, 0.717) is 17.8 Å². The van der Waals surface area contributed by atoms with Gasteiger partial charge in [0.25, 0.3) is 0 Å². The molecule has 1 N–H and O–H groups in total. The first-order chi connectivity index (χ1) is 11.4. The molecule has 0 saturated heterocycles. The van der Waals surface area contributed by atoms with Crippen molar-refractivity contribution in [3.63, 3.8) is 0 Å². The highest BCUT2D eigenvalue weighted by atomic mass is 16.4. The van der Waals surface area contributed by atoms with Crippen LogP contribution in [0.1, 0.15) is 57.9 Å². The molecule has 128 valence electrons. The Kier molecular flexibility index (Phi) is 3.63. The predicted octanol–water partition coefficient (Wildman–Crippen LogP) is 5.19. The molecule has 2 unspecified atom stereocenters. The Morgan fingerprint density at radius 1 is 1.17 bits per heavy atom. The van der Waals surface area contributed by atoms with Gasteiger partial charge in [0.05, 0.1) is 5.41 Å². The first kappa shape index (κ1) is 15.9. The third kappa shape index (κ3) is 2.34. The standard InChI is InChI=1S/C22H28O2/c1-15(2)8-9-19-16-10-21(18-6-4-3-5-7-18)11-17(19)13-22(12-16,14-21)20(23)24/h3-7,9,15-17H,8,10-14H2,1-2H3,(H,23,24). The van der Waals surface area contributed by atoms with Crippen molar-refractivity contribution in [1.29, 1.82) is 0 Å². The van der Waals surface area contributed by atoms with Crippen LogP contribution in [0.25, 0.3) is 0 Å². The van der Waals surface area contributed by atoms with Crippen LogP contribution in [0, 0.1) is 23.2 Å². The van der Waals surface area contributed by atoms with Crippen LogP contribution in [0.15, 0.2) is 42.0 Å². The molecule has 4 saturated carbocycles. The SMILES string of the molecule is CC(C)CC=C1C2CC3(C(=O)O)CC1CC(c1ccccc1)(C2)C3. The lowest BCUT2D eigenvalue weighted by atomic mass is 9.41. The normalized spacial score (nSPS) is 37.0. The van der Waals surface area contributed by atoms with Crippen molar-refractivity contribution in [3.8, 4) is 0 Å². The van der Waals surface area contributed by atoms with Gasteiger partial charge < -0.3 is 5.11 Å². The van der Waals surface area contributed by atoms with Crippen molar-refractivity contribution in [2.45, 2.75) is 57.8 Å². The van der Waals surface area contributed by atoms with E-state index in [1.54, 1.807) is 5.57 Å². The summed E-state index contributed by atoms with van der Waals surface area (Å²) >= 11 is 0. The second-order valence-electron chi connectivity index (χ2n) is 8.95. The second kappa shape index (κ2) is 5.47. The molecule has 4 bridgehead atoms. The van der Waals surface area contributed by atoms with Gasteiger partial charge in [-0.3, -0.25) is 4.79 Å². The monoisotopic (exact) mass is 324 g/mol. The van der Waals surface area contributed by atoms with Gasteiger partial charge in [-0.2, -0.15) is 0 Å². The molecule has 0 aliphatic heterocycles. The molecule has 5 rings (SSSR count). The largest absolute Gasteiger partial charge is 0.481 e. The summed E-state index contributed by atoms with van der Waals surface area (Å²) in [4.78, 5) is 12.2. The Hall–Kier alpha value is -1.57. The van der Waals surface area contributed by atoms with Gasteiger partial charge >= 0.3 is 5.97 Å². The zero-order valence-electron chi connectivity index (χ0n) is 14.8. The fourth-order valence-corrected chi connectivity index (χ4v) is 6.02. The number of carboxylic acids is 1. The highest BCUT2D eigenvalue weighted by Crippen LogP contribution is 2.67. The molecule has 0 radical (unpaired) electrons. The quantitative estimate of drug-likeness (QED) is 0.774. The Morgan fingerprint density at radius 3 is 2.33 bits per heavy atom.